The average molecular weight is 669 g/mol. The van der Waals surface area contributed by atoms with E-state index >= 15 is 0 Å². The molecule has 11 rings (SSSR count). The minimum atomic E-state index is 1.00. The SMILES string of the molecule is c1ccc(-n2c3ccccc3c3cc(-c4cnc5sc6ncc(-c7ccc8c(c7)c7ccccc7n8-c7ccccc7)cc6c5c4)ccc32)cc1. The molecule has 51 heavy (non-hydrogen) atoms. The van der Waals surface area contributed by atoms with Crippen molar-refractivity contribution in [3.8, 4) is 33.6 Å². The van der Waals surface area contributed by atoms with Crippen molar-refractivity contribution in [2.24, 2.45) is 0 Å². The molecule has 4 nitrogen and oxygen atoms in total. The van der Waals surface area contributed by atoms with Gasteiger partial charge in [0.05, 0.1) is 22.1 Å². The molecular formula is C46H28N4S. The van der Waals surface area contributed by atoms with Gasteiger partial charge in [0.1, 0.15) is 9.66 Å². The second kappa shape index (κ2) is 11.0. The molecule has 0 saturated carbocycles. The van der Waals surface area contributed by atoms with Crippen molar-refractivity contribution < 1.29 is 0 Å². The molecule has 0 bridgehead atoms. The fraction of sp³-hybridized carbons (Fsp3) is 0. The van der Waals surface area contributed by atoms with Crippen LogP contribution in [0.5, 0.6) is 0 Å². The van der Waals surface area contributed by atoms with E-state index in [-0.39, 0.29) is 0 Å². The summed E-state index contributed by atoms with van der Waals surface area (Å²) in [5.74, 6) is 0. The molecule has 11 aromatic rings. The molecule has 5 heteroatoms. The van der Waals surface area contributed by atoms with Crippen LogP contribution in [0.15, 0.2) is 170 Å². The Bertz CT molecular complexity index is 2920. The molecular weight excluding hydrogens is 641 g/mol. The summed E-state index contributed by atoms with van der Waals surface area (Å²) >= 11 is 1.65. The molecule has 0 atom stereocenters. The first-order valence-electron chi connectivity index (χ1n) is 17.1. The van der Waals surface area contributed by atoms with Crippen LogP contribution in [-0.2, 0) is 0 Å². The minimum absolute atomic E-state index is 1.00. The lowest BCUT2D eigenvalue weighted by Gasteiger charge is -2.08. The topological polar surface area (TPSA) is 35.6 Å². The normalized spacial score (nSPS) is 11.9. The van der Waals surface area contributed by atoms with Crippen molar-refractivity contribution in [2.75, 3.05) is 0 Å². The number of fused-ring (bicyclic) bond motifs is 9. The third kappa shape index (κ3) is 4.32. The smallest absolute Gasteiger partial charge is 0.125 e. The lowest BCUT2D eigenvalue weighted by Crippen LogP contribution is -1.92. The fourth-order valence-corrected chi connectivity index (χ4v) is 8.83. The second-order valence-corrected chi connectivity index (χ2v) is 14.1. The number of rotatable bonds is 4. The molecule has 6 aromatic carbocycles. The maximum Gasteiger partial charge on any atom is 0.125 e. The minimum Gasteiger partial charge on any atom is -0.309 e. The van der Waals surface area contributed by atoms with Gasteiger partial charge in [0.25, 0.3) is 0 Å². The number of nitrogens with zero attached hydrogens (tertiary/aromatic N) is 4. The maximum atomic E-state index is 4.97. The van der Waals surface area contributed by atoms with E-state index in [4.69, 9.17) is 9.97 Å². The number of hydrogen-bond acceptors (Lipinski definition) is 3. The summed E-state index contributed by atoms with van der Waals surface area (Å²) in [4.78, 5) is 11.9. The highest BCUT2D eigenvalue weighted by Crippen LogP contribution is 2.40. The summed E-state index contributed by atoms with van der Waals surface area (Å²) in [7, 11) is 0. The monoisotopic (exact) mass is 668 g/mol. The van der Waals surface area contributed by atoms with E-state index in [1.807, 2.05) is 12.4 Å². The van der Waals surface area contributed by atoms with Crippen LogP contribution in [0.25, 0.3) is 97.7 Å². The average Bonchev–Trinajstić information content (AvgIpc) is 3.85. The molecule has 0 N–H and O–H groups in total. The highest BCUT2D eigenvalue weighted by molar-refractivity contribution is 7.25. The summed E-state index contributed by atoms with van der Waals surface area (Å²) in [6, 6.07) is 56.7. The first kappa shape index (κ1) is 28.3. The van der Waals surface area contributed by atoms with E-state index in [0.29, 0.717) is 0 Å². The van der Waals surface area contributed by atoms with Crippen molar-refractivity contribution in [3.05, 3.63) is 170 Å². The van der Waals surface area contributed by atoms with E-state index < -0.39 is 0 Å². The quantitative estimate of drug-likeness (QED) is 0.187. The van der Waals surface area contributed by atoms with Gasteiger partial charge in [-0.05, 0) is 83.9 Å². The van der Waals surface area contributed by atoms with Crippen molar-refractivity contribution in [1.82, 2.24) is 19.1 Å². The standard InChI is InChI=1S/C46H28N4S/c1-3-11-33(12-4-1)49-41-17-9-7-15-35(41)37-23-29(19-21-43(37)49)31-25-39-40-26-32(28-48-46(40)51-45(39)47-27-31)30-20-22-44-38(24-30)36-16-8-10-18-42(36)50(44)34-13-5-2-6-14-34/h1-28H. The Morgan fingerprint density at radius 3 is 1.20 bits per heavy atom. The van der Waals surface area contributed by atoms with Crippen LogP contribution >= 0.6 is 11.3 Å². The zero-order chi connectivity index (χ0) is 33.5. The zero-order valence-corrected chi connectivity index (χ0v) is 28.2. The zero-order valence-electron chi connectivity index (χ0n) is 27.4. The summed E-state index contributed by atoms with van der Waals surface area (Å²) in [6.07, 6.45) is 4.01. The fourth-order valence-electron chi connectivity index (χ4n) is 7.88. The molecule has 0 spiro atoms. The van der Waals surface area contributed by atoms with Crippen LogP contribution < -0.4 is 0 Å². The number of thiophene rings is 1. The summed E-state index contributed by atoms with van der Waals surface area (Å²) in [6.45, 7) is 0. The van der Waals surface area contributed by atoms with E-state index in [2.05, 4.69) is 167 Å². The summed E-state index contributed by atoms with van der Waals surface area (Å²) in [5.41, 5.74) is 11.6. The number of benzene rings is 6. The van der Waals surface area contributed by atoms with Crippen LogP contribution in [0.4, 0.5) is 0 Å². The van der Waals surface area contributed by atoms with Crippen LogP contribution in [0.2, 0.25) is 0 Å². The molecule has 0 amide bonds. The lowest BCUT2D eigenvalue weighted by atomic mass is 10.0. The number of aromatic nitrogens is 4. The molecule has 5 heterocycles. The van der Waals surface area contributed by atoms with E-state index in [1.165, 1.54) is 43.6 Å². The largest absolute Gasteiger partial charge is 0.309 e. The predicted molar refractivity (Wildman–Crippen MR) is 214 cm³/mol. The molecule has 0 unspecified atom stereocenters. The molecule has 5 aromatic heterocycles. The Morgan fingerprint density at radius 2 is 0.725 bits per heavy atom. The number of pyridine rings is 2. The van der Waals surface area contributed by atoms with Crippen LogP contribution in [0, 0.1) is 0 Å². The Hall–Kier alpha value is -6.56. The Kier molecular flexibility index (Phi) is 6.09. The molecule has 0 aliphatic heterocycles. The van der Waals surface area contributed by atoms with Gasteiger partial charge in [-0.1, -0.05) is 96.3 Å². The van der Waals surface area contributed by atoms with Gasteiger partial charge >= 0.3 is 0 Å². The van der Waals surface area contributed by atoms with Gasteiger partial charge in [0, 0.05) is 67.2 Å². The van der Waals surface area contributed by atoms with Crippen molar-refractivity contribution in [2.45, 2.75) is 0 Å². The summed E-state index contributed by atoms with van der Waals surface area (Å²) in [5, 5.41) is 7.22. The van der Waals surface area contributed by atoms with Gasteiger partial charge in [-0.3, -0.25) is 0 Å². The van der Waals surface area contributed by atoms with E-state index in [0.717, 1.165) is 54.1 Å². The number of para-hydroxylation sites is 4. The maximum absolute atomic E-state index is 4.97. The second-order valence-electron chi connectivity index (χ2n) is 13.1. The third-order valence-corrected chi connectivity index (χ3v) is 11.3. The van der Waals surface area contributed by atoms with Gasteiger partial charge in [0.2, 0.25) is 0 Å². The molecule has 238 valence electrons. The third-order valence-electron chi connectivity index (χ3n) is 10.2. The highest BCUT2D eigenvalue weighted by atomic mass is 32.1. The molecule has 0 aliphatic carbocycles. The van der Waals surface area contributed by atoms with Crippen molar-refractivity contribution in [3.63, 3.8) is 0 Å². The summed E-state index contributed by atoms with van der Waals surface area (Å²) < 4.78 is 4.71. The first-order valence-corrected chi connectivity index (χ1v) is 18.0. The van der Waals surface area contributed by atoms with E-state index in [9.17, 15) is 0 Å². The Balaban J connectivity index is 1.04. The first-order chi connectivity index (χ1) is 25.3. The van der Waals surface area contributed by atoms with E-state index in [1.54, 1.807) is 11.3 Å². The lowest BCUT2D eigenvalue weighted by molar-refractivity contribution is 1.18. The van der Waals surface area contributed by atoms with Gasteiger partial charge < -0.3 is 9.13 Å². The van der Waals surface area contributed by atoms with Crippen molar-refractivity contribution in [1.29, 1.82) is 0 Å². The Labute approximate surface area is 297 Å². The van der Waals surface area contributed by atoms with Crippen LogP contribution in [0.1, 0.15) is 0 Å². The van der Waals surface area contributed by atoms with Gasteiger partial charge in [-0.15, -0.1) is 0 Å². The van der Waals surface area contributed by atoms with Gasteiger partial charge in [-0.2, -0.15) is 0 Å². The molecule has 0 aliphatic rings. The molecule has 0 saturated heterocycles. The van der Waals surface area contributed by atoms with Crippen LogP contribution in [-0.4, -0.2) is 19.1 Å². The molecule has 0 radical (unpaired) electrons. The van der Waals surface area contributed by atoms with Crippen molar-refractivity contribution >= 4 is 75.4 Å². The molecule has 0 fully saturated rings. The highest BCUT2D eigenvalue weighted by Gasteiger charge is 2.17. The Morgan fingerprint density at radius 1 is 0.333 bits per heavy atom. The van der Waals surface area contributed by atoms with Gasteiger partial charge in [0.15, 0.2) is 0 Å². The van der Waals surface area contributed by atoms with Gasteiger partial charge in [-0.25, -0.2) is 9.97 Å². The predicted octanol–water partition coefficient (Wildman–Crippen LogP) is 12.4. The number of hydrogen-bond donors (Lipinski definition) is 0. The van der Waals surface area contributed by atoms with Crippen LogP contribution in [0.3, 0.4) is 0 Å².